The van der Waals surface area contributed by atoms with E-state index in [0.717, 1.165) is 36.0 Å². The van der Waals surface area contributed by atoms with Crippen LogP contribution >= 0.6 is 11.3 Å². The van der Waals surface area contributed by atoms with Gasteiger partial charge in [0.05, 0.1) is 23.9 Å². The largest absolute Gasteiger partial charge is 0.368 e. The third-order valence-corrected chi connectivity index (χ3v) is 3.95. The van der Waals surface area contributed by atoms with Crippen molar-refractivity contribution in [2.45, 2.75) is 6.10 Å². The molecular formula is C14H13N3OS. The first-order valence-electron chi connectivity index (χ1n) is 6.15. The number of benzene rings is 1. The Morgan fingerprint density at radius 3 is 3.21 bits per heavy atom. The van der Waals surface area contributed by atoms with E-state index in [9.17, 15) is 0 Å². The van der Waals surface area contributed by atoms with Gasteiger partial charge in [0.15, 0.2) is 0 Å². The van der Waals surface area contributed by atoms with Crippen LogP contribution in [0.1, 0.15) is 16.7 Å². The molecule has 96 valence electrons. The van der Waals surface area contributed by atoms with Gasteiger partial charge in [-0.25, -0.2) is 4.98 Å². The Morgan fingerprint density at radius 2 is 2.42 bits per heavy atom. The summed E-state index contributed by atoms with van der Waals surface area (Å²) < 4.78 is 5.69. The van der Waals surface area contributed by atoms with Crippen molar-refractivity contribution in [3.8, 4) is 17.3 Å². The molecule has 2 heterocycles. The van der Waals surface area contributed by atoms with E-state index in [1.54, 1.807) is 17.4 Å². The van der Waals surface area contributed by atoms with E-state index in [1.807, 2.05) is 23.6 Å². The number of hydrogen-bond acceptors (Lipinski definition) is 5. The highest BCUT2D eigenvalue weighted by Gasteiger charge is 2.19. The van der Waals surface area contributed by atoms with Gasteiger partial charge in [-0.05, 0) is 12.1 Å². The molecule has 1 aliphatic heterocycles. The average molecular weight is 271 g/mol. The van der Waals surface area contributed by atoms with Crippen LogP contribution in [0.3, 0.4) is 0 Å². The predicted molar refractivity (Wildman–Crippen MR) is 73.8 cm³/mol. The van der Waals surface area contributed by atoms with Crippen LogP contribution in [0.15, 0.2) is 29.6 Å². The lowest BCUT2D eigenvalue weighted by atomic mass is 10.1. The van der Waals surface area contributed by atoms with Crippen molar-refractivity contribution in [2.24, 2.45) is 0 Å². The summed E-state index contributed by atoms with van der Waals surface area (Å²) in [4.78, 5) is 4.62. The van der Waals surface area contributed by atoms with E-state index >= 15 is 0 Å². The topological polar surface area (TPSA) is 57.9 Å². The number of ether oxygens (including phenoxy) is 1. The molecule has 2 aromatic rings. The maximum Gasteiger partial charge on any atom is 0.124 e. The van der Waals surface area contributed by atoms with Gasteiger partial charge >= 0.3 is 0 Å². The first kappa shape index (κ1) is 12.3. The number of rotatable bonds is 2. The van der Waals surface area contributed by atoms with Gasteiger partial charge in [0, 0.05) is 24.0 Å². The molecule has 1 fully saturated rings. The fraction of sp³-hybridized carbons (Fsp3) is 0.286. The number of nitriles is 1. The number of hydrogen-bond donors (Lipinski definition) is 1. The zero-order chi connectivity index (χ0) is 13.1. The first-order chi connectivity index (χ1) is 9.36. The second-order valence-electron chi connectivity index (χ2n) is 4.33. The number of nitrogens with zero attached hydrogens (tertiary/aromatic N) is 2. The van der Waals surface area contributed by atoms with E-state index in [4.69, 9.17) is 10.00 Å². The van der Waals surface area contributed by atoms with Gasteiger partial charge in [-0.1, -0.05) is 12.1 Å². The van der Waals surface area contributed by atoms with E-state index < -0.39 is 0 Å². The summed E-state index contributed by atoms with van der Waals surface area (Å²) in [7, 11) is 0. The summed E-state index contributed by atoms with van der Waals surface area (Å²) in [5, 5.41) is 15.2. The molecule has 0 saturated carbocycles. The monoisotopic (exact) mass is 271 g/mol. The second kappa shape index (κ2) is 5.49. The SMILES string of the molecule is N#Cc1cccc(-c2csc(C3CNCCO3)n2)c1. The second-order valence-corrected chi connectivity index (χ2v) is 5.22. The average Bonchev–Trinajstić information content (AvgIpc) is 2.98. The van der Waals surface area contributed by atoms with Crippen molar-refractivity contribution >= 4 is 11.3 Å². The van der Waals surface area contributed by atoms with E-state index in [-0.39, 0.29) is 6.10 Å². The van der Waals surface area contributed by atoms with Crippen LogP contribution in [-0.4, -0.2) is 24.7 Å². The molecule has 1 unspecified atom stereocenters. The molecule has 0 spiro atoms. The lowest BCUT2D eigenvalue weighted by molar-refractivity contribution is 0.0276. The molecule has 1 N–H and O–H groups in total. The molecule has 0 aliphatic carbocycles. The predicted octanol–water partition coefficient (Wildman–Crippen LogP) is 2.34. The third-order valence-electron chi connectivity index (χ3n) is 3.01. The molecule has 1 aliphatic rings. The molecule has 0 bridgehead atoms. The fourth-order valence-corrected chi connectivity index (χ4v) is 2.92. The Morgan fingerprint density at radius 1 is 1.47 bits per heavy atom. The molecule has 5 heteroatoms. The quantitative estimate of drug-likeness (QED) is 0.911. The van der Waals surface area contributed by atoms with Crippen molar-refractivity contribution in [3.05, 3.63) is 40.2 Å². The summed E-state index contributed by atoms with van der Waals surface area (Å²) in [6.07, 6.45) is 0.0478. The van der Waals surface area contributed by atoms with Gasteiger partial charge in [0.2, 0.25) is 0 Å². The van der Waals surface area contributed by atoms with Crippen LogP contribution in [0, 0.1) is 11.3 Å². The van der Waals surface area contributed by atoms with Crippen LogP contribution in [0.25, 0.3) is 11.3 Å². The van der Waals surface area contributed by atoms with Gasteiger partial charge in [0.25, 0.3) is 0 Å². The summed E-state index contributed by atoms with van der Waals surface area (Å²) in [6, 6.07) is 9.66. The van der Waals surface area contributed by atoms with Crippen molar-refractivity contribution < 1.29 is 4.74 Å². The van der Waals surface area contributed by atoms with E-state index in [1.165, 1.54) is 0 Å². The van der Waals surface area contributed by atoms with Gasteiger partial charge in [0.1, 0.15) is 11.1 Å². The molecule has 3 rings (SSSR count). The van der Waals surface area contributed by atoms with E-state index in [2.05, 4.69) is 16.4 Å². The highest BCUT2D eigenvalue weighted by atomic mass is 32.1. The van der Waals surface area contributed by atoms with Crippen LogP contribution in [0.5, 0.6) is 0 Å². The van der Waals surface area contributed by atoms with E-state index in [0.29, 0.717) is 5.56 Å². The fourth-order valence-electron chi connectivity index (χ4n) is 2.04. The molecule has 1 saturated heterocycles. The summed E-state index contributed by atoms with van der Waals surface area (Å²) >= 11 is 1.61. The summed E-state index contributed by atoms with van der Waals surface area (Å²) in [5.74, 6) is 0. The Labute approximate surface area is 115 Å². The highest BCUT2D eigenvalue weighted by molar-refractivity contribution is 7.10. The smallest absolute Gasteiger partial charge is 0.124 e. The maximum atomic E-state index is 8.92. The number of aromatic nitrogens is 1. The Bertz CT molecular complexity index is 611. The van der Waals surface area contributed by atoms with Crippen LogP contribution in [-0.2, 0) is 4.74 Å². The number of thiazole rings is 1. The van der Waals surface area contributed by atoms with Gasteiger partial charge < -0.3 is 10.1 Å². The molecule has 1 atom stereocenters. The lowest BCUT2D eigenvalue weighted by Crippen LogP contribution is -2.33. The zero-order valence-electron chi connectivity index (χ0n) is 10.3. The Balaban J connectivity index is 1.86. The molecule has 4 nitrogen and oxygen atoms in total. The molecule has 0 amide bonds. The standard InChI is InChI=1S/C14H13N3OS/c15-7-10-2-1-3-11(6-10)12-9-19-14(17-12)13-8-16-4-5-18-13/h1-3,6,9,13,16H,4-5,8H2. The van der Waals surface area contributed by atoms with Crippen molar-refractivity contribution in [1.82, 2.24) is 10.3 Å². The van der Waals surface area contributed by atoms with Gasteiger partial charge in [-0.2, -0.15) is 5.26 Å². The van der Waals surface area contributed by atoms with Crippen molar-refractivity contribution in [2.75, 3.05) is 19.7 Å². The summed E-state index contributed by atoms with van der Waals surface area (Å²) in [6.45, 7) is 2.44. The van der Waals surface area contributed by atoms with Crippen LogP contribution < -0.4 is 5.32 Å². The van der Waals surface area contributed by atoms with Crippen LogP contribution in [0.4, 0.5) is 0 Å². The summed E-state index contributed by atoms with van der Waals surface area (Å²) in [5.41, 5.74) is 2.54. The third kappa shape index (κ3) is 2.66. The number of morpholine rings is 1. The minimum atomic E-state index is 0.0478. The molecule has 1 aromatic heterocycles. The highest BCUT2D eigenvalue weighted by Crippen LogP contribution is 2.28. The maximum absolute atomic E-state index is 8.92. The minimum Gasteiger partial charge on any atom is -0.368 e. The van der Waals surface area contributed by atoms with Crippen molar-refractivity contribution in [1.29, 1.82) is 5.26 Å². The van der Waals surface area contributed by atoms with Gasteiger partial charge in [-0.3, -0.25) is 0 Å². The molecular weight excluding hydrogens is 258 g/mol. The zero-order valence-corrected chi connectivity index (χ0v) is 11.1. The normalized spacial score (nSPS) is 19.0. The molecule has 0 radical (unpaired) electrons. The van der Waals surface area contributed by atoms with Crippen LogP contribution in [0.2, 0.25) is 0 Å². The Kier molecular flexibility index (Phi) is 3.56. The van der Waals surface area contributed by atoms with Gasteiger partial charge in [-0.15, -0.1) is 11.3 Å². The molecule has 19 heavy (non-hydrogen) atoms. The first-order valence-corrected chi connectivity index (χ1v) is 7.03. The minimum absolute atomic E-state index is 0.0478. The number of nitrogens with one attached hydrogen (secondary N) is 1. The lowest BCUT2D eigenvalue weighted by Gasteiger charge is -2.21. The van der Waals surface area contributed by atoms with Crippen molar-refractivity contribution in [3.63, 3.8) is 0 Å². The molecule has 1 aromatic carbocycles. The Hall–Kier alpha value is -1.74.